The highest BCUT2D eigenvalue weighted by Gasteiger charge is 2.24. The van der Waals surface area contributed by atoms with Crippen LogP contribution in [0.15, 0.2) is 39.5 Å². The Labute approximate surface area is 154 Å². The SMILES string of the molecule is COc1ccc(Br)c(C(=O)NCC(c2ccsc2)N2CCCC2)c1. The van der Waals surface area contributed by atoms with Crippen LogP contribution in [0.1, 0.15) is 34.8 Å². The van der Waals surface area contributed by atoms with Crippen molar-refractivity contribution in [2.24, 2.45) is 0 Å². The Balaban J connectivity index is 1.71. The molecule has 6 heteroatoms. The first-order chi connectivity index (χ1) is 11.7. The highest BCUT2D eigenvalue weighted by Crippen LogP contribution is 2.27. The minimum Gasteiger partial charge on any atom is -0.497 e. The third-order valence-corrected chi connectivity index (χ3v) is 5.78. The van der Waals surface area contributed by atoms with Gasteiger partial charge in [-0.15, -0.1) is 0 Å². The molecule has 1 N–H and O–H groups in total. The average Bonchev–Trinajstić information content (AvgIpc) is 3.29. The van der Waals surface area contributed by atoms with Crippen molar-refractivity contribution in [3.8, 4) is 5.75 Å². The van der Waals surface area contributed by atoms with Crippen molar-refractivity contribution >= 4 is 33.2 Å². The summed E-state index contributed by atoms with van der Waals surface area (Å²) in [5.74, 6) is 0.595. The minimum absolute atomic E-state index is 0.0831. The van der Waals surface area contributed by atoms with E-state index in [9.17, 15) is 4.79 Å². The van der Waals surface area contributed by atoms with Gasteiger partial charge in [0.1, 0.15) is 5.75 Å². The molecule has 0 bridgehead atoms. The van der Waals surface area contributed by atoms with Gasteiger partial charge in [-0.25, -0.2) is 0 Å². The van der Waals surface area contributed by atoms with E-state index in [1.54, 1.807) is 24.5 Å². The lowest BCUT2D eigenvalue weighted by Crippen LogP contribution is -2.36. The van der Waals surface area contributed by atoms with Crippen molar-refractivity contribution in [3.63, 3.8) is 0 Å². The molecule has 1 unspecified atom stereocenters. The summed E-state index contributed by atoms with van der Waals surface area (Å²) in [4.78, 5) is 15.1. The predicted octanol–water partition coefficient (Wildman–Crippen LogP) is 4.09. The number of amides is 1. The van der Waals surface area contributed by atoms with Crippen LogP contribution < -0.4 is 10.1 Å². The summed E-state index contributed by atoms with van der Waals surface area (Å²) in [6.07, 6.45) is 2.46. The Morgan fingerprint density at radius 3 is 2.83 bits per heavy atom. The topological polar surface area (TPSA) is 41.6 Å². The number of likely N-dealkylation sites (tertiary alicyclic amines) is 1. The molecule has 0 saturated carbocycles. The van der Waals surface area contributed by atoms with Crippen molar-refractivity contribution in [2.45, 2.75) is 18.9 Å². The molecular formula is C18H21BrN2O2S. The van der Waals surface area contributed by atoms with Crippen LogP contribution in [0.3, 0.4) is 0 Å². The van der Waals surface area contributed by atoms with E-state index >= 15 is 0 Å². The predicted molar refractivity (Wildman–Crippen MR) is 101 cm³/mol. The summed E-state index contributed by atoms with van der Waals surface area (Å²) in [5, 5.41) is 7.37. The summed E-state index contributed by atoms with van der Waals surface area (Å²) >= 11 is 5.15. The van der Waals surface area contributed by atoms with Gasteiger partial charge in [-0.2, -0.15) is 11.3 Å². The molecule has 1 fully saturated rings. The number of methoxy groups -OCH3 is 1. The number of hydrogen-bond acceptors (Lipinski definition) is 4. The number of nitrogens with zero attached hydrogens (tertiary/aromatic N) is 1. The molecule has 1 aliphatic rings. The monoisotopic (exact) mass is 408 g/mol. The van der Waals surface area contributed by atoms with Gasteiger partial charge in [-0.1, -0.05) is 0 Å². The normalized spacial score (nSPS) is 16.1. The fraction of sp³-hybridized carbons (Fsp3) is 0.389. The van der Waals surface area contributed by atoms with Gasteiger partial charge in [0.05, 0.1) is 18.7 Å². The Morgan fingerprint density at radius 2 is 2.17 bits per heavy atom. The second-order valence-corrected chi connectivity index (χ2v) is 7.51. The van der Waals surface area contributed by atoms with E-state index in [1.165, 1.54) is 18.4 Å². The Kier molecular flexibility index (Phi) is 5.92. The van der Waals surface area contributed by atoms with Gasteiger partial charge in [0, 0.05) is 11.0 Å². The fourth-order valence-corrected chi connectivity index (χ4v) is 4.20. The average molecular weight is 409 g/mol. The Morgan fingerprint density at radius 1 is 1.38 bits per heavy atom. The summed E-state index contributed by atoms with van der Waals surface area (Å²) in [6, 6.07) is 7.83. The van der Waals surface area contributed by atoms with Crippen molar-refractivity contribution in [1.29, 1.82) is 0 Å². The molecule has 1 amide bonds. The molecule has 0 radical (unpaired) electrons. The van der Waals surface area contributed by atoms with Crippen molar-refractivity contribution in [3.05, 3.63) is 50.6 Å². The highest BCUT2D eigenvalue weighted by molar-refractivity contribution is 9.10. The summed E-state index contributed by atoms with van der Waals surface area (Å²) in [5.41, 5.74) is 1.88. The maximum absolute atomic E-state index is 12.6. The molecule has 1 aliphatic heterocycles. The maximum Gasteiger partial charge on any atom is 0.252 e. The second-order valence-electron chi connectivity index (χ2n) is 5.87. The van der Waals surface area contributed by atoms with Crippen molar-refractivity contribution in [2.75, 3.05) is 26.7 Å². The molecule has 3 rings (SSSR count). The van der Waals surface area contributed by atoms with E-state index in [1.807, 2.05) is 12.1 Å². The molecule has 128 valence electrons. The lowest BCUT2D eigenvalue weighted by atomic mass is 10.1. The van der Waals surface area contributed by atoms with Gasteiger partial charge < -0.3 is 10.1 Å². The Hall–Kier alpha value is -1.37. The molecule has 1 saturated heterocycles. The zero-order valence-electron chi connectivity index (χ0n) is 13.6. The van der Waals surface area contributed by atoms with Gasteiger partial charge in [0.25, 0.3) is 5.91 Å². The number of nitrogens with one attached hydrogen (secondary N) is 1. The third-order valence-electron chi connectivity index (χ3n) is 4.38. The standard InChI is InChI=1S/C18H21BrN2O2S/c1-23-14-4-5-16(19)15(10-14)18(22)20-11-17(13-6-9-24-12-13)21-7-2-3-8-21/h4-6,9-10,12,17H,2-3,7-8,11H2,1H3,(H,20,22). The molecule has 2 aromatic rings. The zero-order valence-corrected chi connectivity index (χ0v) is 16.0. The molecule has 2 heterocycles. The number of thiophene rings is 1. The smallest absolute Gasteiger partial charge is 0.252 e. The van der Waals surface area contributed by atoms with Gasteiger partial charge in [0.15, 0.2) is 0 Å². The van der Waals surface area contributed by atoms with E-state index in [0.717, 1.165) is 17.6 Å². The number of halogens is 1. The summed E-state index contributed by atoms with van der Waals surface area (Å²) in [7, 11) is 1.60. The van der Waals surface area contributed by atoms with E-state index in [-0.39, 0.29) is 11.9 Å². The van der Waals surface area contributed by atoms with Crippen molar-refractivity contribution < 1.29 is 9.53 Å². The molecule has 1 atom stereocenters. The number of ether oxygens (including phenoxy) is 1. The fourth-order valence-electron chi connectivity index (χ4n) is 3.07. The first-order valence-electron chi connectivity index (χ1n) is 8.07. The second kappa shape index (κ2) is 8.14. The van der Waals surface area contributed by atoms with Crippen LogP contribution >= 0.6 is 27.3 Å². The van der Waals surface area contributed by atoms with E-state index in [0.29, 0.717) is 17.9 Å². The van der Waals surface area contributed by atoms with Crippen molar-refractivity contribution in [1.82, 2.24) is 10.2 Å². The van der Waals surface area contributed by atoms with E-state index in [2.05, 4.69) is 43.0 Å². The van der Waals surface area contributed by atoms with Gasteiger partial charge in [-0.3, -0.25) is 9.69 Å². The molecule has 1 aromatic heterocycles. The van der Waals surface area contributed by atoms with Gasteiger partial charge in [0.2, 0.25) is 0 Å². The third kappa shape index (κ3) is 3.99. The Bertz CT molecular complexity index is 684. The van der Waals surface area contributed by atoms with Crippen LogP contribution in [0.4, 0.5) is 0 Å². The van der Waals surface area contributed by atoms with Gasteiger partial charge in [-0.05, 0) is 82.5 Å². The minimum atomic E-state index is -0.0831. The largest absolute Gasteiger partial charge is 0.497 e. The number of carbonyl (C=O) groups excluding carboxylic acids is 1. The first kappa shape index (κ1) is 17.5. The lowest BCUT2D eigenvalue weighted by molar-refractivity contribution is 0.0937. The number of benzene rings is 1. The van der Waals surface area contributed by atoms with Gasteiger partial charge >= 0.3 is 0 Å². The number of hydrogen-bond donors (Lipinski definition) is 1. The highest BCUT2D eigenvalue weighted by atomic mass is 79.9. The summed E-state index contributed by atoms with van der Waals surface area (Å²) < 4.78 is 5.99. The molecular weight excluding hydrogens is 388 g/mol. The van der Waals surface area contributed by atoms with Crippen LogP contribution in [-0.2, 0) is 0 Å². The molecule has 24 heavy (non-hydrogen) atoms. The number of rotatable bonds is 6. The van der Waals surface area contributed by atoms with E-state index in [4.69, 9.17) is 4.74 Å². The maximum atomic E-state index is 12.6. The molecule has 0 aliphatic carbocycles. The number of carbonyl (C=O) groups is 1. The van der Waals surface area contributed by atoms with Crippen LogP contribution in [0.5, 0.6) is 5.75 Å². The lowest BCUT2D eigenvalue weighted by Gasteiger charge is -2.27. The zero-order chi connectivity index (χ0) is 16.9. The van der Waals surface area contributed by atoms with Crippen LogP contribution in [-0.4, -0.2) is 37.6 Å². The quantitative estimate of drug-likeness (QED) is 0.782. The van der Waals surface area contributed by atoms with Crippen LogP contribution in [0.25, 0.3) is 0 Å². The summed E-state index contributed by atoms with van der Waals surface area (Å²) in [6.45, 7) is 2.80. The molecule has 1 aromatic carbocycles. The molecule has 0 spiro atoms. The van der Waals surface area contributed by atoms with Crippen LogP contribution in [0.2, 0.25) is 0 Å². The van der Waals surface area contributed by atoms with Crippen LogP contribution in [0, 0.1) is 0 Å². The first-order valence-corrected chi connectivity index (χ1v) is 9.80. The van der Waals surface area contributed by atoms with E-state index < -0.39 is 0 Å². The molecule has 4 nitrogen and oxygen atoms in total.